The second-order valence-corrected chi connectivity index (χ2v) is 6.50. The Bertz CT molecular complexity index is 505. The van der Waals surface area contributed by atoms with E-state index in [1.54, 1.807) is 0 Å². The second-order valence-electron chi connectivity index (χ2n) is 6.50. The van der Waals surface area contributed by atoms with Gasteiger partial charge in [0.1, 0.15) is 0 Å². The molecule has 0 aromatic heterocycles. The van der Waals surface area contributed by atoms with Crippen LogP contribution in [0.25, 0.3) is 0 Å². The molecule has 2 aliphatic rings. The highest BCUT2D eigenvalue weighted by Gasteiger charge is 2.41. The van der Waals surface area contributed by atoms with E-state index in [0.717, 1.165) is 44.5 Å². The molecule has 0 aliphatic carbocycles. The monoisotopic (exact) mass is 272 g/mol. The maximum atomic E-state index is 13.1. The molecule has 0 radical (unpaired) electrons. The summed E-state index contributed by atoms with van der Waals surface area (Å²) in [6.07, 6.45) is 4.03. The SMILES string of the molecule is CC1CCc2ccccc2N1C(=O)C1(C)CCNCC1. The van der Waals surface area contributed by atoms with Gasteiger partial charge in [-0.3, -0.25) is 4.79 Å². The van der Waals surface area contributed by atoms with Gasteiger partial charge in [0.2, 0.25) is 5.91 Å². The van der Waals surface area contributed by atoms with Crippen LogP contribution in [0.1, 0.15) is 38.7 Å². The number of hydrogen-bond donors (Lipinski definition) is 1. The third kappa shape index (κ3) is 2.24. The molecule has 1 atom stereocenters. The fraction of sp³-hybridized carbons (Fsp3) is 0.588. The highest BCUT2D eigenvalue weighted by molar-refractivity contribution is 5.99. The van der Waals surface area contributed by atoms with Crippen LogP contribution in [0.5, 0.6) is 0 Å². The van der Waals surface area contributed by atoms with Crippen LogP contribution >= 0.6 is 0 Å². The van der Waals surface area contributed by atoms with E-state index in [4.69, 9.17) is 0 Å². The van der Waals surface area contributed by atoms with Gasteiger partial charge in [-0.15, -0.1) is 0 Å². The van der Waals surface area contributed by atoms with Crippen molar-refractivity contribution in [3.8, 4) is 0 Å². The molecule has 3 rings (SSSR count). The Morgan fingerprint density at radius 2 is 2.00 bits per heavy atom. The number of para-hydroxylation sites is 1. The number of piperidine rings is 1. The standard InChI is InChI=1S/C17H24N2O/c1-13-7-8-14-5-3-4-6-15(14)19(13)16(20)17(2)9-11-18-12-10-17/h3-6,13,18H,7-12H2,1-2H3. The number of nitrogens with one attached hydrogen (secondary N) is 1. The third-order valence-electron chi connectivity index (χ3n) is 4.97. The molecular weight excluding hydrogens is 248 g/mol. The third-order valence-corrected chi connectivity index (χ3v) is 4.97. The smallest absolute Gasteiger partial charge is 0.233 e. The molecule has 1 aromatic carbocycles. The lowest BCUT2D eigenvalue weighted by Gasteiger charge is -2.42. The molecule has 108 valence electrons. The van der Waals surface area contributed by atoms with E-state index in [1.807, 2.05) is 6.07 Å². The van der Waals surface area contributed by atoms with E-state index in [9.17, 15) is 4.79 Å². The van der Waals surface area contributed by atoms with Gasteiger partial charge in [0.15, 0.2) is 0 Å². The molecular formula is C17H24N2O. The topological polar surface area (TPSA) is 32.3 Å². The predicted molar refractivity (Wildman–Crippen MR) is 81.9 cm³/mol. The number of fused-ring (bicyclic) bond motifs is 1. The first-order valence-corrected chi connectivity index (χ1v) is 7.74. The van der Waals surface area contributed by atoms with Crippen molar-refractivity contribution in [2.24, 2.45) is 5.41 Å². The molecule has 2 aliphatic heterocycles. The molecule has 20 heavy (non-hydrogen) atoms. The summed E-state index contributed by atoms with van der Waals surface area (Å²) in [7, 11) is 0. The molecule has 1 N–H and O–H groups in total. The summed E-state index contributed by atoms with van der Waals surface area (Å²) >= 11 is 0. The highest BCUT2D eigenvalue weighted by atomic mass is 16.2. The quantitative estimate of drug-likeness (QED) is 0.852. The van der Waals surface area contributed by atoms with Crippen LogP contribution in [-0.4, -0.2) is 25.0 Å². The van der Waals surface area contributed by atoms with Crippen molar-refractivity contribution in [2.45, 2.75) is 45.6 Å². The molecule has 3 nitrogen and oxygen atoms in total. The molecule has 3 heteroatoms. The normalized spacial score (nSPS) is 25.1. The van der Waals surface area contributed by atoms with Crippen LogP contribution in [0.3, 0.4) is 0 Å². The summed E-state index contributed by atoms with van der Waals surface area (Å²) in [4.78, 5) is 15.2. The summed E-state index contributed by atoms with van der Waals surface area (Å²) < 4.78 is 0. The van der Waals surface area contributed by atoms with Crippen molar-refractivity contribution < 1.29 is 4.79 Å². The second kappa shape index (κ2) is 5.21. The average Bonchev–Trinajstić information content (AvgIpc) is 2.47. The largest absolute Gasteiger partial charge is 0.317 e. The van der Waals surface area contributed by atoms with E-state index < -0.39 is 0 Å². The van der Waals surface area contributed by atoms with E-state index in [0.29, 0.717) is 11.9 Å². The Labute approximate surface area is 121 Å². The number of carbonyl (C=O) groups excluding carboxylic acids is 1. The number of hydrogen-bond acceptors (Lipinski definition) is 2. The minimum atomic E-state index is -0.204. The van der Waals surface area contributed by atoms with E-state index >= 15 is 0 Å². The lowest BCUT2D eigenvalue weighted by atomic mass is 9.78. The first-order chi connectivity index (χ1) is 9.62. The van der Waals surface area contributed by atoms with Crippen LogP contribution < -0.4 is 10.2 Å². The summed E-state index contributed by atoms with van der Waals surface area (Å²) in [5.74, 6) is 0.318. The predicted octanol–water partition coefficient (Wildman–Crippen LogP) is 2.74. The lowest BCUT2D eigenvalue weighted by molar-refractivity contribution is -0.129. The van der Waals surface area contributed by atoms with Gasteiger partial charge in [0, 0.05) is 17.1 Å². The van der Waals surface area contributed by atoms with Crippen molar-refractivity contribution in [3.63, 3.8) is 0 Å². The van der Waals surface area contributed by atoms with Crippen LogP contribution in [-0.2, 0) is 11.2 Å². The molecule has 1 amide bonds. The lowest BCUT2D eigenvalue weighted by Crippen LogP contribution is -2.52. The molecule has 1 aromatic rings. The van der Waals surface area contributed by atoms with Crippen molar-refractivity contribution in [1.82, 2.24) is 5.32 Å². The molecule has 1 saturated heterocycles. The van der Waals surface area contributed by atoms with Crippen LogP contribution in [0.2, 0.25) is 0 Å². The zero-order chi connectivity index (χ0) is 14.2. The molecule has 1 fully saturated rings. The Morgan fingerprint density at radius 1 is 1.30 bits per heavy atom. The van der Waals surface area contributed by atoms with E-state index in [1.165, 1.54) is 5.56 Å². The number of nitrogens with zero attached hydrogens (tertiary/aromatic N) is 1. The Morgan fingerprint density at radius 3 is 2.75 bits per heavy atom. The van der Waals surface area contributed by atoms with Gasteiger partial charge >= 0.3 is 0 Å². The van der Waals surface area contributed by atoms with Crippen LogP contribution in [0.15, 0.2) is 24.3 Å². The van der Waals surface area contributed by atoms with Gasteiger partial charge in [-0.25, -0.2) is 0 Å². The molecule has 0 saturated carbocycles. The van der Waals surface area contributed by atoms with Crippen molar-refractivity contribution in [3.05, 3.63) is 29.8 Å². The first-order valence-electron chi connectivity index (χ1n) is 7.74. The number of rotatable bonds is 1. The number of amides is 1. The van der Waals surface area contributed by atoms with Gasteiger partial charge in [0.05, 0.1) is 0 Å². The summed E-state index contributed by atoms with van der Waals surface area (Å²) in [5.41, 5.74) is 2.25. The summed E-state index contributed by atoms with van der Waals surface area (Å²) in [6.45, 7) is 6.22. The molecule has 2 heterocycles. The van der Waals surface area contributed by atoms with E-state index in [-0.39, 0.29) is 5.41 Å². The first kappa shape index (κ1) is 13.6. The zero-order valence-corrected chi connectivity index (χ0v) is 12.5. The molecule has 0 bridgehead atoms. The van der Waals surface area contributed by atoms with Gasteiger partial charge in [-0.1, -0.05) is 25.1 Å². The van der Waals surface area contributed by atoms with Crippen molar-refractivity contribution in [2.75, 3.05) is 18.0 Å². The van der Waals surface area contributed by atoms with Gasteiger partial charge in [-0.2, -0.15) is 0 Å². The minimum Gasteiger partial charge on any atom is -0.317 e. The van der Waals surface area contributed by atoms with Crippen molar-refractivity contribution >= 4 is 11.6 Å². The number of anilines is 1. The fourth-order valence-corrected chi connectivity index (χ4v) is 3.48. The van der Waals surface area contributed by atoms with Crippen LogP contribution in [0, 0.1) is 5.41 Å². The minimum absolute atomic E-state index is 0.204. The molecule has 1 unspecified atom stereocenters. The van der Waals surface area contributed by atoms with Gasteiger partial charge in [0.25, 0.3) is 0 Å². The zero-order valence-electron chi connectivity index (χ0n) is 12.5. The Kier molecular flexibility index (Phi) is 3.55. The van der Waals surface area contributed by atoms with Gasteiger partial charge in [-0.05, 0) is 57.3 Å². The average molecular weight is 272 g/mol. The maximum absolute atomic E-state index is 13.1. The van der Waals surface area contributed by atoms with Gasteiger partial charge < -0.3 is 10.2 Å². The van der Waals surface area contributed by atoms with Crippen LogP contribution in [0.4, 0.5) is 5.69 Å². The number of aryl methyl sites for hydroxylation is 1. The van der Waals surface area contributed by atoms with Crippen molar-refractivity contribution in [1.29, 1.82) is 0 Å². The number of benzene rings is 1. The summed E-state index contributed by atoms with van der Waals surface area (Å²) in [6, 6.07) is 8.69. The maximum Gasteiger partial charge on any atom is 0.233 e. The highest BCUT2D eigenvalue weighted by Crippen LogP contribution is 2.37. The summed E-state index contributed by atoms with van der Waals surface area (Å²) in [5, 5.41) is 3.36. The number of carbonyl (C=O) groups is 1. The van der Waals surface area contributed by atoms with E-state index in [2.05, 4.69) is 42.3 Å². The fourth-order valence-electron chi connectivity index (χ4n) is 3.48. The Hall–Kier alpha value is -1.35. The molecule has 0 spiro atoms. The Balaban J connectivity index is 1.94.